The van der Waals surface area contributed by atoms with Crippen LogP contribution in [0.1, 0.15) is 0 Å². The Morgan fingerprint density at radius 2 is 1.12 bits per heavy atom. The van der Waals surface area contributed by atoms with Crippen molar-refractivity contribution in [2.75, 3.05) is 28.2 Å². The summed E-state index contributed by atoms with van der Waals surface area (Å²) in [5, 5.41) is 0. The Bertz CT molecular complexity index is 43.3. The Balaban J connectivity index is 0. The zero-order valence-electron chi connectivity index (χ0n) is 5.80. The van der Waals surface area contributed by atoms with Crippen molar-refractivity contribution in [3.05, 3.63) is 0 Å². The molecule has 50 valence electrons. The second kappa shape index (κ2) is 7.11. The molecule has 0 aromatic carbocycles. The van der Waals surface area contributed by atoms with Crippen LogP contribution in [0.4, 0.5) is 0 Å². The molecule has 0 unspecified atom stereocenters. The molecule has 0 saturated carbocycles. The van der Waals surface area contributed by atoms with E-state index in [4.69, 9.17) is 0 Å². The van der Waals surface area contributed by atoms with E-state index in [1.54, 1.807) is 0 Å². The van der Waals surface area contributed by atoms with Gasteiger partial charge in [0.1, 0.15) is 0 Å². The fourth-order valence-electron chi connectivity index (χ4n) is 0.400. The largest absolute Gasteiger partial charge is 0.107 e. The standard InChI is InChI=1S/2C2H6N.HI.Nd/c2*1-3-2;;/h2*1-2H3;1H;/q2*-1;;+2. The van der Waals surface area contributed by atoms with Gasteiger partial charge in [-0.05, 0) is 0 Å². The van der Waals surface area contributed by atoms with E-state index >= 15 is 0 Å². The normalized spacial score (nSPS) is 9.25. The first-order chi connectivity index (χ1) is 3.13. The minimum absolute atomic E-state index is 0. The SMILES string of the molecule is C[N](C)[Nd][N](C)C.I. The molecule has 0 aliphatic heterocycles. The van der Waals surface area contributed by atoms with Gasteiger partial charge in [0, 0.05) is 0 Å². The van der Waals surface area contributed by atoms with Crippen LogP contribution >= 0.6 is 24.0 Å². The van der Waals surface area contributed by atoms with Crippen molar-refractivity contribution in [3.8, 4) is 0 Å². The summed E-state index contributed by atoms with van der Waals surface area (Å²) in [6.45, 7) is 0. The first kappa shape index (κ1) is 12.7. The molecule has 0 heterocycles. The number of nitrogens with zero attached hydrogens (tertiary/aromatic N) is 2. The predicted octanol–water partition coefficient (Wildman–Crippen LogP) is 0.643. The Kier molecular flexibility index (Phi) is 11.3. The van der Waals surface area contributed by atoms with Crippen LogP contribution in [0.3, 0.4) is 0 Å². The maximum absolute atomic E-state index is 2.32. The summed E-state index contributed by atoms with van der Waals surface area (Å²) >= 11 is -0.485. The van der Waals surface area contributed by atoms with Crippen LogP contribution in [0.2, 0.25) is 0 Å². The molecule has 0 aromatic heterocycles. The zero-order valence-corrected chi connectivity index (χ0v) is 11.3. The van der Waals surface area contributed by atoms with Gasteiger partial charge in [0.2, 0.25) is 0 Å². The molecule has 0 aliphatic rings. The predicted molar refractivity (Wildman–Crippen MR) is 42.8 cm³/mol. The van der Waals surface area contributed by atoms with Gasteiger partial charge in [-0.15, -0.1) is 24.0 Å². The smallest absolute Gasteiger partial charge is 0.107 e. The summed E-state index contributed by atoms with van der Waals surface area (Å²) in [7, 11) is 8.57. The minimum atomic E-state index is -0.485. The maximum Gasteiger partial charge on any atom is -0.107 e. The molecular formula is C4H13IN2Nd. The van der Waals surface area contributed by atoms with Crippen LogP contribution in [0.15, 0.2) is 0 Å². The summed E-state index contributed by atoms with van der Waals surface area (Å²) in [5.41, 5.74) is 0. The second-order valence-electron chi connectivity index (χ2n) is 1.89. The minimum Gasteiger partial charge on any atom is -0.107 e. The molecule has 0 amide bonds. The quantitative estimate of drug-likeness (QED) is 0.667. The van der Waals surface area contributed by atoms with E-state index in [9.17, 15) is 0 Å². The van der Waals surface area contributed by atoms with E-state index in [0.29, 0.717) is 0 Å². The van der Waals surface area contributed by atoms with Gasteiger partial charge in [0.15, 0.2) is 0 Å². The van der Waals surface area contributed by atoms with Crippen molar-refractivity contribution in [3.63, 3.8) is 0 Å². The number of halogens is 1. The molecule has 0 aliphatic carbocycles. The number of hydrogen-bond donors (Lipinski definition) is 0. The van der Waals surface area contributed by atoms with Gasteiger partial charge in [-0.25, -0.2) is 0 Å². The van der Waals surface area contributed by atoms with E-state index in [1.165, 1.54) is 0 Å². The third kappa shape index (κ3) is 10.9. The molecule has 0 radical (unpaired) electrons. The molecule has 0 aromatic rings. The van der Waals surface area contributed by atoms with Crippen LogP contribution < -0.4 is 0 Å². The van der Waals surface area contributed by atoms with Crippen molar-refractivity contribution in [1.82, 2.24) is 1.97 Å². The molecule has 0 spiro atoms. The van der Waals surface area contributed by atoms with E-state index in [1.807, 2.05) is 0 Å². The summed E-state index contributed by atoms with van der Waals surface area (Å²) in [5.74, 6) is 0. The Morgan fingerprint density at radius 3 is 1.12 bits per heavy atom. The number of rotatable bonds is 2. The molecule has 0 fully saturated rings. The van der Waals surface area contributed by atoms with E-state index in [0.717, 1.165) is 0 Å². The van der Waals surface area contributed by atoms with Crippen LogP contribution in [-0.4, -0.2) is 30.2 Å². The molecule has 0 saturated heterocycles. The van der Waals surface area contributed by atoms with Gasteiger partial charge >= 0.3 is 67.6 Å². The Hall–Kier alpha value is 2.00. The molecule has 0 N–H and O–H groups in total. The summed E-state index contributed by atoms with van der Waals surface area (Å²) in [6, 6.07) is 0. The van der Waals surface area contributed by atoms with E-state index in [-0.39, 0.29) is 24.0 Å². The Labute approximate surface area is 90.1 Å². The van der Waals surface area contributed by atoms with Crippen LogP contribution in [0, 0.1) is 37.5 Å². The molecule has 0 bridgehead atoms. The summed E-state index contributed by atoms with van der Waals surface area (Å²) < 4.78 is 4.64. The summed E-state index contributed by atoms with van der Waals surface area (Å²) in [4.78, 5) is 0. The van der Waals surface area contributed by atoms with E-state index in [2.05, 4.69) is 30.2 Å². The third-order valence-electron chi connectivity index (χ3n) is 0.400. The Morgan fingerprint density at radius 1 is 0.875 bits per heavy atom. The van der Waals surface area contributed by atoms with E-state index < -0.39 is 37.5 Å². The van der Waals surface area contributed by atoms with Gasteiger partial charge in [0.05, 0.1) is 0 Å². The van der Waals surface area contributed by atoms with Gasteiger partial charge in [-0.2, -0.15) is 0 Å². The number of hydrogen-bond acceptors (Lipinski definition) is 2. The molecule has 8 heavy (non-hydrogen) atoms. The van der Waals surface area contributed by atoms with Crippen molar-refractivity contribution >= 4 is 24.0 Å². The fourth-order valence-corrected chi connectivity index (χ4v) is 2.97. The topological polar surface area (TPSA) is 6.48 Å². The second-order valence-corrected chi connectivity index (χ2v) is 8.27. The van der Waals surface area contributed by atoms with Crippen LogP contribution in [0.5, 0.6) is 0 Å². The third-order valence-corrected chi connectivity index (χ3v) is 2.97. The first-order valence-corrected chi connectivity index (χ1v) is 5.11. The summed E-state index contributed by atoms with van der Waals surface area (Å²) in [6.07, 6.45) is 0. The zero-order chi connectivity index (χ0) is 5.86. The molecule has 2 nitrogen and oxygen atoms in total. The molecule has 0 atom stereocenters. The van der Waals surface area contributed by atoms with Gasteiger partial charge in [0.25, 0.3) is 0 Å². The van der Waals surface area contributed by atoms with Crippen molar-refractivity contribution < 1.29 is 37.5 Å². The average molecular weight is 360 g/mol. The maximum atomic E-state index is 2.32. The van der Waals surface area contributed by atoms with Gasteiger partial charge in [-0.1, -0.05) is 0 Å². The van der Waals surface area contributed by atoms with Crippen molar-refractivity contribution in [2.24, 2.45) is 0 Å². The first-order valence-electron chi connectivity index (χ1n) is 2.24. The average Bonchev–Trinajstić information content (AvgIpc) is 1.27. The van der Waals surface area contributed by atoms with Gasteiger partial charge < -0.3 is 0 Å². The fraction of sp³-hybridized carbons (Fsp3) is 1.00. The van der Waals surface area contributed by atoms with Crippen LogP contribution in [-0.2, 0) is 0 Å². The molecule has 0 rings (SSSR count). The molecule has 4 heteroatoms. The molecular weight excluding hydrogens is 347 g/mol. The van der Waals surface area contributed by atoms with Crippen molar-refractivity contribution in [1.29, 1.82) is 0 Å². The van der Waals surface area contributed by atoms with Crippen molar-refractivity contribution in [2.45, 2.75) is 0 Å². The van der Waals surface area contributed by atoms with Crippen LogP contribution in [0.25, 0.3) is 0 Å². The van der Waals surface area contributed by atoms with Gasteiger partial charge in [-0.3, -0.25) is 0 Å². The monoisotopic (exact) mass is 358 g/mol.